The van der Waals surface area contributed by atoms with Crippen molar-refractivity contribution in [2.24, 2.45) is 5.92 Å². The van der Waals surface area contributed by atoms with E-state index in [0.717, 1.165) is 18.4 Å². The fourth-order valence-corrected chi connectivity index (χ4v) is 6.75. The number of benzene rings is 1. The van der Waals surface area contributed by atoms with Gasteiger partial charge in [-0.2, -0.15) is 0 Å². The second-order valence-corrected chi connectivity index (χ2v) is 13.3. The van der Waals surface area contributed by atoms with Crippen molar-refractivity contribution in [1.82, 2.24) is 9.97 Å². The molecule has 0 radical (unpaired) electrons. The highest BCUT2D eigenvalue weighted by molar-refractivity contribution is 7.90. The molecule has 0 saturated heterocycles. The van der Waals surface area contributed by atoms with Gasteiger partial charge in [0.2, 0.25) is 5.91 Å². The number of carbonyl (C=O) groups excluding carboxylic acids is 1. The summed E-state index contributed by atoms with van der Waals surface area (Å²) < 4.78 is 46.9. The van der Waals surface area contributed by atoms with Gasteiger partial charge in [-0.15, -0.1) is 0 Å². The van der Waals surface area contributed by atoms with E-state index < -0.39 is 23.4 Å². The normalized spacial score (nSPS) is 15.6. The van der Waals surface area contributed by atoms with Gasteiger partial charge in [-0.1, -0.05) is 37.8 Å². The van der Waals surface area contributed by atoms with Gasteiger partial charge in [0.1, 0.15) is 0 Å². The standard InChI is InChI=1S/C25H36N3O6PS/c1-4-33-35(30,34-5-2)15-14-21-17-27-24(18-26-21)28-25(29)23(16-19-8-6-7-9-19)20-10-12-22(13-11-20)36(3,31)32/h10-13,17-19,23H,4-9,14-16H2,1-3H3,(H,27,28,29)/t23-/m1/s1. The van der Waals surface area contributed by atoms with Crippen LogP contribution in [0.1, 0.15) is 63.1 Å². The van der Waals surface area contributed by atoms with E-state index in [2.05, 4.69) is 15.3 Å². The summed E-state index contributed by atoms with van der Waals surface area (Å²) in [5.74, 6) is 0.153. The van der Waals surface area contributed by atoms with Crippen LogP contribution >= 0.6 is 7.60 Å². The Morgan fingerprint density at radius 1 is 1.08 bits per heavy atom. The average Bonchev–Trinajstić information content (AvgIpc) is 3.35. The maximum Gasteiger partial charge on any atom is 0.331 e. The number of carbonyl (C=O) groups is 1. The van der Waals surface area contributed by atoms with Gasteiger partial charge in [-0.05, 0) is 43.9 Å². The molecule has 2 aromatic rings. The minimum Gasteiger partial charge on any atom is -0.309 e. The zero-order valence-electron chi connectivity index (χ0n) is 21.2. The molecule has 0 spiro atoms. The lowest BCUT2D eigenvalue weighted by Crippen LogP contribution is -2.24. The number of nitrogens with one attached hydrogen (secondary N) is 1. The molecule has 9 nitrogen and oxygen atoms in total. The number of nitrogens with zero attached hydrogens (tertiary/aromatic N) is 2. The molecule has 0 unspecified atom stereocenters. The van der Waals surface area contributed by atoms with Crippen LogP contribution in [0.25, 0.3) is 0 Å². The van der Waals surface area contributed by atoms with E-state index in [9.17, 15) is 17.8 Å². The predicted octanol–water partition coefficient (Wildman–Crippen LogP) is 4.99. The van der Waals surface area contributed by atoms with Gasteiger partial charge < -0.3 is 14.4 Å². The largest absolute Gasteiger partial charge is 0.331 e. The van der Waals surface area contributed by atoms with Crippen molar-refractivity contribution in [1.29, 1.82) is 0 Å². The topological polar surface area (TPSA) is 125 Å². The Morgan fingerprint density at radius 2 is 1.72 bits per heavy atom. The molecule has 1 aromatic carbocycles. The van der Waals surface area contributed by atoms with Crippen LogP contribution in [0.3, 0.4) is 0 Å². The quantitative estimate of drug-likeness (QED) is 0.354. The summed E-state index contributed by atoms with van der Waals surface area (Å²) in [6, 6.07) is 6.55. The molecule has 3 rings (SSSR count). The predicted molar refractivity (Wildman–Crippen MR) is 139 cm³/mol. The summed E-state index contributed by atoms with van der Waals surface area (Å²) in [6.07, 6.45) is 9.97. The van der Waals surface area contributed by atoms with Gasteiger partial charge in [-0.3, -0.25) is 14.3 Å². The van der Waals surface area contributed by atoms with Gasteiger partial charge in [0.25, 0.3) is 0 Å². The summed E-state index contributed by atoms with van der Waals surface area (Å²) in [5, 5.41) is 2.86. The molecule has 1 aliphatic rings. The first-order chi connectivity index (χ1) is 17.1. The molecule has 0 aliphatic heterocycles. The van der Waals surface area contributed by atoms with E-state index >= 15 is 0 Å². The molecule has 1 atom stereocenters. The van der Waals surface area contributed by atoms with Crippen molar-refractivity contribution in [3.63, 3.8) is 0 Å². The fourth-order valence-electron chi connectivity index (χ4n) is 4.49. The number of anilines is 1. The summed E-state index contributed by atoms with van der Waals surface area (Å²) in [6.45, 7) is 4.13. The first-order valence-electron chi connectivity index (χ1n) is 12.4. The van der Waals surface area contributed by atoms with E-state index in [-0.39, 0.29) is 17.0 Å². The third-order valence-corrected chi connectivity index (χ3v) is 9.52. The molecule has 1 saturated carbocycles. The third-order valence-electron chi connectivity index (χ3n) is 6.32. The molecule has 0 bridgehead atoms. The highest BCUT2D eigenvalue weighted by Crippen LogP contribution is 2.48. The van der Waals surface area contributed by atoms with Crippen molar-refractivity contribution in [3.05, 3.63) is 47.9 Å². The Hall–Kier alpha value is -2.13. The lowest BCUT2D eigenvalue weighted by atomic mass is 9.87. The minimum atomic E-state index is -3.31. The first-order valence-corrected chi connectivity index (χ1v) is 16.1. The van der Waals surface area contributed by atoms with Gasteiger partial charge in [0, 0.05) is 12.7 Å². The van der Waals surface area contributed by atoms with Crippen LogP contribution < -0.4 is 5.32 Å². The first kappa shape index (κ1) is 28.4. The molecule has 11 heteroatoms. The van der Waals surface area contributed by atoms with E-state index in [1.165, 1.54) is 25.3 Å². The highest BCUT2D eigenvalue weighted by atomic mass is 32.2. The number of aryl methyl sites for hydroxylation is 1. The number of sulfone groups is 1. The lowest BCUT2D eigenvalue weighted by molar-refractivity contribution is -0.118. The van der Waals surface area contributed by atoms with Crippen molar-refractivity contribution in [2.45, 2.75) is 63.2 Å². The summed E-state index contributed by atoms with van der Waals surface area (Å²) in [7, 11) is -6.48. The van der Waals surface area contributed by atoms with E-state index in [1.54, 1.807) is 44.3 Å². The van der Waals surface area contributed by atoms with Crippen molar-refractivity contribution >= 4 is 29.2 Å². The Bertz CT molecular complexity index is 1140. The van der Waals surface area contributed by atoms with Gasteiger partial charge in [0.15, 0.2) is 15.7 Å². The molecular formula is C25H36N3O6PS. The van der Waals surface area contributed by atoms with E-state index in [4.69, 9.17) is 9.05 Å². The molecule has 1 heterocycles. The van der Waals surface area contributed by atoms with Crippen LogP contribution in [-0.2, 0) is 34.7 Å². The lowest BCUT2D eigenvalue weighted by Gasteiger charge is -2.21. The summed E-state index contributed by atoms with van der Waals surface area (Å²) in [4.78, 5) is 22.2. The molecule has 1 fully saturated rings. The summed E-state index contributed by atoms with van der Waals surface area (Å²) >= 11 is 0. The zero-order valence-corrected chi connectivity index (χ0v) is 22.9. The molecule has 1 aliphatic carbocycles. The molecule has 36 heavy (non-hydrogen) atoms. The second-order valence-electron chi connectivity index (χ2n) is 9.08. The molecular weight excluding hydrogens is 501 g/mol. The SMILES string of the molecule is CCOP(=O)(CCc1cnc(NC(=O)[C@H](CC2CCCC2)c2ccc(S(C)(=O)=O)cc2)cn1)OCC. The number of hydrogen-bond acceptors (Lipinski definition) is 8. The van der Waals surface area contributed by atoms with Crippen LogP contribution in [-0.4, -0.2) is 49.9 Å². The third kappa shape index (κ3) is 8.20. The zero-order chi connectivity index (χ0) is 26.2. The minimum absolute atomic E-state index is 0.196. The van der Waals surface area contributed by atoms with Crippen LogP contribution in [0.2, 0.25) is 0 Å². The molecule has 1 aromatic heterocycles. The maximum atomic E-state index is 13.3. The Balaban J connectivity index is 1.69. The highest BCUT2D eigenvalue weighted by Gasteiger charge is 2.28. The van der Waals surface area contributed by atoms with Crippen LogP contribution in [0.5, 0.6) is 0 Å². The van der Waals surface area contributed by atoms with Crippen molar-refractivity contribution in [3.8, 4) is 0 Å². The van der Waals surface area contributed by atoms with Gasteiger partial charge >= 0.3 is 7.60 Å². The van der Waals surface area contributed by atoms with E-state index in [0.29, 0.717) is 43.5 Å². The number of aromatic nitrogens is 2. The molecule has 1 amide bonds. The van der Waals surface area contributed by atoms with Crippen molar-refractivity contribution in [2.75, 3.05) is 30.9 Å². The Labute approximate surface area is 213 Å². The van der Waals surface area contributed by atoms with Crippen LogP contribution in [0.15, 0.2) is 41.6 Å². The van der Waals surface area contributed by atoms with Gasteiger partial charge in [0.05, 0.1) is 48.3 Å². The smallest absolute Gasteiger partial charge is 0.309 e. The van der Waals surface area contributed by atoms with Crippen LogP contribution in [0.4, 0.5) is 5.82 Å². The number of amides is 1. The van der Waals surface area contributed by atoms with Crippen molar-refractivity contribution < 1.29 is 26.8 Å². The van der Waals surface area contributed by atoms with Crippen LogP contribution in [0, 0.1) is 5.92 Å². The van der Waals surface area contributed by atoms with Gasteiger partial charge in [-0.25, -0.2) is 13.4 Å². The Kier molecular flexibility index (Phi) is 10.2. The van der Waals surface area contributed by atoms with E-state index in [1.807, 2.05) is 0 Å². The fraction of sp³-hybridized carbons (Fsp3) is 0.560. The Morgan fingerprint density at radius 3 is 2.25 bits per heavy atom. The summed E-state index contributed by atoms with van der Waals surface area (Å²) in [5.41, 5.74) is 1.39. The average molecular weight is 538 g/mol. The number of hydrogen-bond donors (Lipinski definition) is 1. The maximum absolute atomic E-state index is 13.3. The monoisotopic (exact) mass is 537 g/mol. The second kappa shape index (κ2) is 12.9. The number of rotatable bonds is 13. The molecule has 1 N–H and O–H groups in total. The molecule has 198 valence electrons.